The van der Waals surface area contributed by atoms with E-state index < -0.39 is 23.7 Å². The molecule has 0 aromatic heterocycles. The van der Waals surface area contributed by atoms with E-state index >= 15 is 0 Å². The lowest BCUT2D eigenvalue weighted by Crippen LogP contribution is -2.52. The van der Waals surface area contributed by atoms with Crippen molar-refractivity contribution in [3.8, 4) is 0 Å². The maximum atomic E-state index is 13.8. The SMILES string of the molecule is Cc1ccc(F)c(C(=O)N2CCCC(C)C2C(=O)O)c1. The number of carbonyl (C=O) groups excluding carboxylic acids is 1. The number of carboxylic acids is 1. The highest BCUT2D eigenvalue weighted by Gasteiger charge is 2.37. The van der Waals surface area contributed by atoms with E-state index in [0.717, 1.165) is 18.4 Å². The van der Waals surface area contributed by atoms with Crippen molar-refractivity contribution in [2.45, 2.75) is 32.7 Å². The minimum atomic E-state index is -1.03. The molecule has 0 radical (unpaired) electrons. The zero-order valence-corrected chi connectivity index (χ0v) is 11.6. The van der Waals surface area contributed by atoms with E-state index in [2.05, 4.69) is 0 Å². The van der Waals surface area contributed by atoms with Crippen molar-refractivity contribution < 1.29 is 19.1 Å². The number of carboxylic acid groups (broad SMARTS) is 1. The molecule has 1 aliphatic rings. The Kier molecular flexibility index (Phi) is 4.06. The van der Waals surface area contributed by atoms with Gasteiger partial charge in [-0.1, -0.05) is 18.6 Å². The Bertz CT molecular complexity index is 544. The summed E-state index contributed by atoms with van der Waals surface area (Å²) in [7, 11) is 0. The number of piperidine rings is 1. The number of aryl methyl sites for hydroxylation is 1. The van der Waals surface area contributed by atoms with Crippen molar-refractivity contribution in [2.75, 3.05) is 6.54 Å². The van der Waals surface area contributed by atoms with Crippen LogP contribution < -0.4 is 0 Å². The first-order valence-electron chi connectivity index (χ1n) is 6.71. The third kappa shape index (κ3) is 2.66. The van der Waals surface area contributed by atoms with Gasteiger partial charge in [-0.3, -0.25) is 4.79 Å². The maximum absolute atomic E-state index is 13.8. The Labute approximate surface area is 117 Å². The summed E-state index contributed by atoms with van der Waals surface area (Å²) in [5.41, 5.74) is 0.719. The zero-order valence-electron chi connectivity index (χ0n) is 11.6. The quantitative estimate of drug-likeness (QED) is 0.904. The topological polar surface area (TPSA) is 57.6 Å². The Morgan fingerprint density at radius 1 is 1.40 bits per heavy atom. The number of carbonyl (C=O) groups is 2. The molecule has 0 bridgehead atoms. The van der Waals surface area contributed by atoms with Crippen LogP contribution in [0.5, 0.6) is 0 Å². The lowest BCUT2D eigenvalue weighted by Gasteiger charge is -2.37. The molecule has 0 aliphatic carbocycles. The van der Waals surface area contributed by atoms with E-state index in [1.54, 1.807) is 13.0 Å². The van der Waals surface area contributed by atoms with Gasteiger partial charge in [-0.2, -0.15) is 0 Å². The number of amides is 1. The summed E-state index contributed by atoms with van der Waals surface area (Å²) in [5.74, 6) is -2.30. The fourth-order valence-corrected chi connectivity index (χ4v) is 2.75. The van der Waals surface area contributed by atoms with Gasteiger partial charge < -0.3 is 10.0 Å². The summed E-state index contributed by atoms with van der Waals surface area (Å²) >= 11 is 0. The summed E-state index contributed by atoms with van der Waals surface area (Å²) in [6.07, 6.45) is 1.50. The molecule has 1 aromatic rings. The predicted molar refractivity (Wildman–Crippen MR) is 72.0 cm³/mol. The number of hydrogen-bond acceptors (Lipinski definition) is 2. The van der Waals surface area contributed by atoms with Gasteiger partial charge in [0.05, 0.1) is 5.56 Å². The lowest BCUT2D eigenvalue weighted by atomic mass is 9.90. The Hall–Kier alpha value is -1.91. The van der Waals surface area contributed by atoms with Gasteiger partial charge in [0, 0.05) is 6.54 Å². The molecular formula is C15H18FNO3. The standard InChI is InChI=1S/C15H18FNO3/c1-9-5-6-12(16)11(8-9)14(18)17-7-3-4-10(2)13(17)15(19)20/h5-6,8,10,13H,3-4,7H2,1-2H3,(H,19,20). The maximum Gasteiger partial charge on any atom is 0.326 e. The second-order valence-corrected chi connectivity index (χ2v) is 5.38. The van der Waals surface area contributed by atoms with Crippen LogP contribution in [0.1, 0.15) is 35.7 Å². The van der Waals surface area contributed by atoms with E-state index in [-0.39, 0.29) is 11.5 Å². The second kappa shape index (κ2) is 5.61. The first kappa shape index (κ1) is 14.5. The number of rotatable bonds is 2. The van der Waals surface area contributed by atoms with Crippen LogP contribution in [0.25, 0.3) is 0 Å². The van der Waals surface area contributed by atoms with Crippen LogP contribution in [0, 0.1) is 18.7 Å². The van der Waals surface area contributed by atoms with E-state index in [1.165, 1.54) is 17.0 Å². The normalized spacial score (nSPS) is 22.6. The molecule has 1 N–H and O–H groups in total. The number of likely N-dealkylation sites (tertiary alicyclic amines) is 1. The molecular weight excluding hydrogens is 261 g/mol. The molecule has 108 valence electrons. The summed E-state index contributed by atoms with van der Waals surface area (Å²) in [4.78, 5) is 25.1. The predicted octanol–water partition coefficient (Wildman–Crippen LogP) is 2.46. The minimum Gasteiger partial charge on any atom is -0.480 e. The smallest absolute Gasteiger partial charge is 0.326 e. The Morgan fingerprint density at radius 2 is 2.10 bits per heavy atom. The van der Waals surface area contributed by atoms with Crippen molar-refractivity contribution in [1.82, 2.24) is 4.90 Å². The van der Waals surface area contributed by atoms with Gasteiger partial charge in [-0.15, -0.1) is 0 Å². The molecule has 0 spiro atoms. The molecule has 2 unspecified atom stereocenters. The highest BCUT2D eigenvalue weighted by molar-refractivity contribution is 5.97. The molecule has 2 atom stereocenters. The molecule has 4 nitrogen and oxygen atoms in total. The first-order chi connectivity index (χ1) is 9.41. The van der Waals surface area contributed by atoms with Gasteiger partial charge in [0.2, 0.25) is 0 Å². The Morgan fingerprint density at radius 3 is 2.75 bits per heavy atom. The van der Waals surface area contributed by atoms with Gasteiger partial charge in [-0.25, -0.2) is 9.18 Å². The monoisotopic (exact) mass is 279 g/mol. The summed E-state index contributed by atoms with van der Waals surface area (Å²) in [6.45, 7) is 3.93. The van der Waals surface area contributed by atoms with Crippen LogP contribution in [-0.2, 0) is 4.79 Å². The molecule has 1 heterocycles. The van der Waals surface area contributed by atoms with Crippen molar-refractivity contribution in [2.24, 2.45) is 5.92 Å². The number of halogens is 1. The number of aliphatic carboxylic acids is 1. The summed E-state index contributed by atoms with van der Waals surface area (Å²) < 4.78 is 13.8. The summed E-state index contributed by atoms with van der Waals surface area (Å²) in [5, 5.41) is 9.31. The number of benzene rings is 1. The van der Waals surface area contributed by atoms with Crippen LogP contribution in [-0.4, -0.2) is 34.5 Å². The molecule has 1 aromatic carbocycles. The number of nitrogens with zero attached hydrogens (tertiary/aromatic N) is 1. The van der Waals surface area contributed by atoms with Crippen LogP contribution in [0.15, 0.2) is 18.2 Å². The zero-order chi connectivity index (χ0) is 14.9. The number of hydrogen-bond donors (Lipinski definition) is 1. The third-order valence-electron chi connectivity index (χ3n) is 3.80. The molecule has 1 aliphatic heterocycles. The van der Waals surface area contributed by atoms with Gasteiger partial charge in [0.25, 0.3) is 5.91 Å². The van der Waals surface area contributed by atoms with Crippen molar-refractivity contribution in [1.29, 1.82) is 0 Å². The molecule has 1 amide bonds. The second-order valence-electron chi connectivity index (χ2n) is 5.38. The van der Waals surface area contributed by atoms with Crippen molar-refractivity contribution >= 4 is 11.9 Å². The van der Waals surface area contributed by atoms with Crippen molar-refractivity contribution in [3.05, 3.63) is 35.1 Å². The van der Waals surface area contributed by atoms with Crippen LogP contribution in [0.3, 0.4) is 0 Å². The fourth-order valence-electron chi connectivity index (χ4n) is 2.75. The average Bonchev–Trinajstić information content (AvgIpc) is 2.40. The van der Waals surface area contributed by atoms with Crippen LogP contribution in [0.2, 0.25) is 0 Å². The Balaban J connectivity index is 2.35. The van der Waals surface area contributed by atoms with Gasteiger partial charge >= 0.3 is 5.97 Å². The highest BCUT2D eigenvalue weighted by atomic mass is 19.1. The lowest BCUT2D eigenvalue weighted by molar-refractivity contribution is -0.145. The third-order valence-corrected chi connectivity index (χ3v) is 3.80. The molecule has 0 saturated carbocycles. The van der Waals surface area contributed by atoms with E-state index in [0.29, 0.717) is 6.54 Å². The van der Waals surface area contributed by atoms with Gasteiger partial charge in [-0.05, 0) is 37.8 Å². The van der Waals surface area contributed by atoms with E-state index in [1.807, 2.05) is 6.92 Å². The first-order valence-corrected chi connectivity index (χ1v) is 6.71. The average molecular weight is 279 g/mol. The highest BCUT2D eigenvalue weighted by Crippen LogP contribution is 2.26. The summed E-state index contributed by atoms with van der Waals surface area (Å²) in [6, 6.07) is 3.41. The van der Waals surface area contributed by atoms with E-state index in [4.69, 9.17) is 0 Å². The molecule has 1 saturated heterocycles. The fraction of sp³-hybridized carbons (Fsp3) is 0.467. The van der Waals surface area contributed by atoms with Crippen LogP contribution >= 0.6 is 0 Å². The molecule has 20 heavy (non-hydrogen) atoms. The van der Waals surface area contributed by atoms with Gasteiger partial charge in [0.15, 0.2) is 0 Å². The molecule has 1 fully saturated rings. The molecule has 5 heteroatoms. The van der Waals surface area contributed by atoms with E-state index in [9.17, 15) is 19.1 Å². The van der Waals surface area contributed by atoms with Crippen LogP contribution in [0.4, 0.5) is 4.39 Å². The largest absolute Gasteiger partial charge is 0.480 e. The van der Waals surface area contributed by atoms with Crippen molar-refractivity contribution in [3.63, 3.8) is 0 Å². The molecule has 2 rings (SSSR count). The minimum absolute atomic E-state index is 0.0506. The van der Waals surface area contributed by atoms with Gasteiger partial charge in [0.1, 0.15) is 11.9 Å².